The topological polar surface area (TPSA) is 45.7 Å². The summed E-state index contributed by atoms with van der Waals surface area (Å²) in [5.41, 5.74) is 1.08. The first-order valence-corrected chi connectivity index (χ1v) is 9.70. The van der Waals surface area contributed by atoms with Crippen molar-refractivity contribution < 1.29 is 9.53 Å². The van der Waals surface area contributed by atoms with Crippen LogP contribution in [-0.4, -0.2) is 59.1 Å². The first-order chi connectivity index (χ1) is 12.2. The molecule has 0 unspecified atom stereocenters. The Balaban J connectivity index is 1.36. The molecule has 2 aliphatic heterocycles. The van der Waals surface area contributed by atoms with Crippen LogP contribution in [0.5, 0.6) is 0 Å². The number of morpholine rings is 1. The molecule has 2 saturated heterocycles. The molecular formula is C19H23N3O2S. The highest BCUT2D eigenvalue weighted by atomic mass is 32.1. The van der Waals surface area contributed by atoms with Crippen molar-refractivity contribution in [1.82, 2.24) is 14.8 Å². The number of hydrogen-bond acceptors (Lipinski definition) is 5. The lowest BCUT2D eigenvalue weighted by Gasteiger charge is -2.47. The third-order valence-electron chi connectivity index (χ3n) is 5.16. The lowest BCUT2D eigenvalue weighted by atomic mass is 9.89. The van der Waals surface area contributed by atoms with E-state index in [1.54, 1.807) is 0 Å². The van der Waals surface area contributed by atoms with E-state index in [-0.39, 0.29) is 11.5 Å². The van der Waals surface area contributed by atoms with Crippen molar-refractivity contribution in [2.75, 3.05) is 32.8 Å². The maximum Gasteiger partial charge on any atom is 0.264 e. The highest BCUT2D eigenvalue weighted by Gasteiger charge is 2.41. The van der Waals surface area contributed by atoms with Crippen molar-refractivity contribution in [3.8, 4) is 0 Å². The number of nitrogens with zero attached hydrogens (tertiary/aromatic N) is 3. The average Bonchev–Trinajstić information content (AvgIpc) is 3.19. The number of carbonyl (C=O) groups excluding carboxylic acids is 1. The van der Waals surface area contributed by atoms with Crippen molar-refractivity contribution in [2.45, 2.75) is 25.0 Å². The molecule has 6 heteroatoms. The monoisotopic (exact) mass is 357 g/mol. The van der Waals surface area contributed by atoms with Gasteiger partial charge in [0.2, 0.25) is 0 Å². The Morgan fingerprint density at radius 1 is 1.24 bits per heavy atom. The van der Waals surface area contributed by atoms with Gasteiger partial charge in [0.05, 0.1) is 23.6 Å². The van der Waals surface area contributed by atoms with Crippen molar-refractivity contribution in [2.24, 2.45) is 0 Å². The second-order valence-corrected chi connectivity index (χ2v) is 7.82. The molecule has 1 amide bonds. The van der Waals surface area contributed by atoms with Gasteiger partial charge in [0.25, 0.3) is 5.91 Å². The number of piperidine rings is 1. The van der Waals surface area contributed by atoms with Crippen LogP contribution in [0.2, 0.25) is 0 Å². The predicted molar refractivity (Wildman–Crippen MR) is 97.7 cm³/mol. The molecule has 0 N–H and O–H groups in total. The minimum atomic E-state index is -0.170. The molecule has 0 aliphatic carbocycles. The smallest absolute Gasteiger partial charge is 0.264 e. The second kappa shape index (κ2) is 7.23. The minimum absolute atomic E-state index is 0.149. The first-order valence-electron chi connectivity index (χ1n) is 8.82. The van der Waals surface area contributed by atoms with Crippen LogP contribution in [0.25, 0.3) is 0 Å². The Kier molecular flexibility index (Phi) is 4.83. The molecule has 2 aromatic heterocycles. The number of amides is 1. The molecule has 0 aromatic carbocycles. The zero-order valence-electron chi connectivity index (χ0n) is 14.3. The fourth-order valence-electron chi connectivity index (χ4n) is 3.75. The molecule has 2 fully saturated rings. The molecule has 132 valence electrons. The van der Waals surface area contributed by atoms with Crippen LogP contribution in [0.1, 0.15) is 28.1 Å². The van der Waals surface area contributed by atoms with Crippen LogP contribution in [0.3, 0.4) is 0 Å². The maximum absolute atomic E-state index is 12.7. The summed E-state index contributed by atoms with van der Waals surface area (Å²) in [6.07, 6.45) is 5.69. The number of hydrogen-bond donors (Lipinski definition) is 0. The van der Waals surface area contributed by atoms with E-state index >= 15 is 0 Å². The van der Waals surface area contributed by atoms with E-state index in [4.69, 9.17) is 4.74 Å². The van der Waals surface area contributed by atoms with Crippen LogP contribution in [0.15, 0.2) is 42.0 Å². The Hall–Kier alpha value is -1.76. The summed E-state index contributed by atoms with van der Waals surface area (Å²) in [7, 11) is 0. The summed E-state index contributed by atoms with van der Waals surface area (Å²) in [6.45, 7) is 4.97. The molecule has 0 bridgehead atoms. The number of likely N-dealkylation sites (tertiary alicyclic amines) is 1. The molecule has 2 aliphatic rings. The lowest BCUT2D eigenvalue weighted by Crippen LogP contribution is -2.57. The summed E-state index contributed by atoms with van der Waals surface area (Å²) in [5.74, 6) is 0.149. The zero-order chi connectivity index (χ0) is 17.1. The number of thiophene rings is 1. The average molecular weight is 357 g/mol. The van der Waals surface area contributed by atoms with Gasteiger partial charge in [-0.1, -0.05) is 12.1 Å². The largest absolute Gasteiger partial charge is 0.371 e. The number of pyridine rings is 1. The molecular weight excluding hydrogens is 334 g/mol. The number of ether oxygens (including phenoxy) is 1. The Morgan fingerprint density at radius 3 is 2.84 bits per heavy atom. The highest BCUT2D eigenvalue weighted by Crippen LogP contribution is 2.31. The van der Waals surface area contributed by atoms with Crippen LogP contribution < -0.4 is 0 Å². The van der Waals surface area contributed by atoms with Gasteiger partial charge in [0.1, 0.15) is 0 Å². The standard InChI is InChI=1S/C19H23N3O2S/c23-18(17-4-2-12-25-17)22-10-11-24-19(15-22)5-8-21(9-6-19)14-16-3-1-7-20-13-16/h1-4,7,12-13H,5-6,8-11,14-15H2. The fourth-order valence-corrected chi connectivity index (χ4v) is 4.44. The lowest BCUT2D eigenvalue weighted by molar-refractivity contribution is -0.127. The van der Waals surface area contributed by atoms with Gasteiger partial charge in [-0.25, -0.2) is 0 Å². The Labute approximate surface area is 152 Å². The molecule has 0 radical (unpaired) electrons. The van der Waals surface area contributed by atoms with E-state index in [0.29, 0.717) is 19.7 Å². The summed E-state index contributed by atoms with van der Waals surface area (Å²) >= 11 is 1.52. The SMILES string of the molecule is O=C(c1cccs1)N1CCOC2(CCN(Cc3cccnc3)CC2)C1. The molecule has 4 rings (SSSR count). The number of aromatic nitrogens is 1. The summed E-state index contributed by atoms with van der Waals surface area (Å²) < 4.78 is 6.17. The molecule has 5 nitrogen and oxygen atoms in total. The summed E-state index contributed by atoms with van der Waals surface area (Å²) in [5, 5.41) is 1.96. The van der Waals surface area contributed by atoms with Crippen molar-refractivity contribution >= 4 is 17.2 Å². The minimum Gasteiger partial charge on any atom is -0.371 e. The Morgan fingerprint density at radius 2 is 2.12 bits per heavy atom. The zero-order valence-corrected chi connectivity index (χ0v) is 15.1. The van der Waals surface area contributed by atoms with Gasteiger partial charge in [-0.05, 0) is 35.9 Å². The second-order valence-electron chi connectivity index (χ2n) is 6.87. The van der Waals surface area contributed by atoms with Crippen LogP contribution in [-0.2, 0) is 11.3 Å². The molecule has 1 spiro atoms. The summed E-state index contributed by atoms with van der Waals surface area (Å²) in [4.78, 5) is 22.1. The predicted octanol–water partition coefficient (Wildman–Crippen LogP) is 2.65. The normalized spacial score (nSPS) is 20.7. The van der Waals surface area contributed by atoms with Gasteiger partial charge in [-0.3, -0.25) is 14.7 Å². The molecule has 0 atom stereocenters. The molecule has 4 heterocycles. The van der Waals surface area contributed by atoms with Crippen molar-refractivity contribution in [3.63, 3.8) is 0 Å². The number of rotatable bonds is 3. The van der Waals surface area contributed by atoms with E-state index in [1.807, 2.05) is 40.9 Å². The molecule has 25 heavy (non-hydrogen) atoms. The van der Waals surface area contributed by atoms with E-state index in [1.165, 1.54) is 16.9 Å². The van der Waals surface area contributed by atoms with Gasteiger partial charge in [-0.15, -0.1) is 11.3 Å². The molecule has 0 saturated carbocycles. The van der Waals surface area contributed by atoms with E-state index in [0.717, 1.165) is 37.4 Å². The van der Waals surface area contributed by atoms with Crippen LogP contribution >= 0.6 is 11.3 Å². The van der Waals surface area contributed by atoms with Crippen molar-refractivity contribution in [3.05, 3.63) is 52.5 Å². The van der Waals surface area contributed by atoms with E-state index in [9.17, 15) is 4.79 Å². The van der Waals surface area contributed by atoms with Crippen molar-refractivity contribution in [1.29, 1.82) is 0 Å². The third kappa shape index (κ3) is 3.76. The third-order valence-corrected chi connectivity index (χ3v) is 6.02. The van der Waals surface area contributed by atoms with Crippen LogP contribution in [0.4, 0.5) is 0 Å². The first kappa shape index (κ1) is 16.7. The maximum atomic E-state index is 12.7. The quantitative estimate of drug-likeness (QED) is 0.847. The van der Waals surface area contributed by atoms with Gasteiger partial charge in [0, 0.05) is 38.6 Å². The van der Waals surface area contributed by atoms with Gasteiger partial charge in [-0.2, -0.15) is 0 Å². The Bertz CT molecular complexity index is 697. The van der Waals surface area contributed by atoms with E-state index < -0.39 is 0 Å². The highest BCUT2D eigenvalue weighted by molar-refractivity contribution is 7.12. The van der Waals surface area contributed by atoms with Gasteiger partial charge in [0.15, 0.2) is 0 Å². The van der Waals surface area contributed by atoms with Gasteiger partial charge < -0.3 is 9.64 Å². The van der Waals surface area contributed by atoms with E-state index in [2.05, 4.69) is 16.0 Å². The van der Waals surface area contributed by atoms with Gasteiger partial charge >= 0.3 is 0 Å². The summed E-state index contributed by atoms with van der Waals surface area (Å²) in [6, 6.07) is 7.95. The number of carbonyl (C=O) groups is 1. The fraction of sp³-hybridized carbons (Fsp3) is 0.474. The molecule has 2 aromatic rings. The van der Waals surface area contributed by atoms with Crippen LogP contribution in [0, 0.1) is 0 Å².